The van der Waals surface area contributed by atoms with Crippen LogP contribution in [0.1, 0.15) is 5.56 Å². The highest BCUT2D eigenvalue weighted by Crippen LogP contribution is 2.36. The zero-order valence-corrected chi connectivity index (χ0v) is 14.2. The summed E-state index contributed by atoms with van der Waals surface area (Å²) in [5.41, 5.74) is 1.09. The fourth-order valence-corrected chi connectivity index (χ4v) is 3.31. The first-order valence-corrected chi connectivity index (χ1v) is 8.57. The molecule has 0 aromatic heterocycles. The topological polar surface area (TPSA) is 56.8 Å². The molecule has 0 fully saturated rings. The van der Waals surface area contributed by atoms with Crippen LogP contribution >= 0.6 is 27.7 Å². The SMILES string of the molecule is COCCNC(=O)CSCc1cc2c(cc1Br)OCCO2. The van der Waals surface area contributed by atoms with E-state index in [9.17, 15) is 4.79 Å². The first-order valence-electron chi connectivity index (χ1n) is 6.62. The van der Waals surface area contributed by atoms with Crippen LogP contribution < -0.4 is 14.8 Å². The van der Waals surface area contributed by atoms with Gasteiger partial charge in [-0.1, -0.05) is 15.9 Å². The van der Waals surface area contributed by atoms with Gasteiger partial charge in [0.1, 0.15) is 13.2 Å². The van der Waals surface area contributed by atoms with Crippen molar-refractivity contribution in [1.29, 1.82) is 0 Å². The third-order valence-electron chi connectivity index (χ3n) is 2.83. The van der Waals surface area contributed by atoms with Crippen molar-refractivity contribution in [3.63, 3.8) is 0 Å². The largest absolute Gasteiger partial charge is 0.486 e. The highest BCUT2D eigenvalue weighted by Gasteiger charge is 2.15. The molecule has 0 bridgehead atoms. The number of benzene rings is 1. The van der Waals surface area contributed by atoms with E-state index >= 15 is 0 Å². The maximum absolute atomic E-state index is 11.6. The number of carbonyl (C=O) groups is 1. The van der Waals surface area contributed by atoms with Crippen LogP contribution in [-0.2, 0) is 15.3 Å². The Morgan fingerprint density at radius 2 is 2.10 bits per heavy atom. The summed E-state index contributed by atoms with van der Waals surface area (Å²) in [4.78, 5) is 11.6. The van der Waals surface area contributed by atoms with Crippen molar-refractivity contribution in [2.75, 3.05) is 39.2 Å². The molecule has 1 aliphatic heterocycles. The molecule has 0 atom stereocenters. The fraction of sp³-hybridized carbons (Fsp3) is 0.500. The van der Waals surface area contributed by atoms with E-state index in [-0.39, 0.29) is 5.91 Å². The van der Waals surface area contributed by atoms with E-state index in [1.165, 1.54) is 0 Å². The molecule has 1 N–H and O–H groups in total. The van der Waals surface area contributed by atoms with Gasteiger partial charge in [-0.2, -0.15) is 0 Å². The Balaban J connectivity index is 1.82. The van der Waals surface area contributed by atoms with Crippen molar-refractivity contribution in [3.05, 3.63) is 22.2 Å². The highest BCUT2D eigenvalue weighted by molar-refractivity contribution is 9.10. The molecule has 21 heavy (non-hydrogen) atoms. The number of fused-ring (bicyclic) bond motifs is 1. The third-order valence-corrected chi connectivity index (χ3v) is 4.55. The van der Waals surface area contributed by atoms with Gasteiger partial charge in [0.2, 0.25) is 5.91 Å². The molecule has 0 spiro atoms. The van der Waals surface area contributed by atoms with E-state index in [1.54, 1.807) is 18.9 Å². The zero-order chi connectivity index (χ0) is 15.1. The van der Waals surface area contributed by atoms with Crippen molar-refractivity contribution in [2.24, 2.45) is 0 Å². The number of thioether (sulfide) groups is 1. The van der Waals surface area contributed by atoms with Crippen LogP contribution in [0.15, 0.2) is 16.6 Å². The summed E-state index contributed by atoms with van der Waals surface area (Å²) in [6.07, 6.45) is 0. The number of halogens is 1. The third kappa shape index (κ3) is 5.09. The van der Waals surface area contributed by atoms with Crippen LogP contribution in [0.4, 0.5) is 0 Å². The zero-order valence-electron chi connectivity index (χ0n) is 11.8. The van der Waals surface area contributed by atoms with Crippen molar-refractivity contribution in [3.8, 4) is 11.5 Å². The van der Waals surface area contributed by atoms with E-state index in [0.717, 1.165) is 27.3 Å². The van der Waals surface area contributed by atoms with Crippen molar-refractivity contribution in [2.45, 2.75) is 5.75 Å². The van der Waals surface area contributed by atoms with Gasteiger partial charge >= 0.3 is 0 Å². The summed E-state index contributed by atoms with van der Waals surface area (Å²) >= 11 is 5.09. The fourth-order valence-electron chi connectivity index (χ4n) is 1.81. The maximum Gasteiger partial charge on any atom is 0.230 e. The summed E-state index contributed by atoms with van der Waals surface area (Å²) in [5, 5.41) is 2.79. The van der Waals surface area contributed by atoms with Gasteiger partial charge in [-0.05, 0) is 17.7 Å². The molecule has 1 heterocycles. The molecule has 5 nitrogen and oxygen atoms in total. The molecule has 0 unspecified atom stereocenters. The molecule has 1 aromatic carbocycles. The first kappa shape index (κ1) is 16.5. The number of methoxy groups -OCH3 is 1. The minimum atomic E-state index is 0.0192. The second kappa shape index (κ2) is 8.51. The summed E-state index contributed by atoms with van der Waals surface area (Å²) in [6.45, 7) is 2.23. The molecular formula is C14H18BrNO4S. The number of hydrogen-bond donors (Lipinski definition) is 1. The smallest absolute Gasteiger partial charge is 0.230 e. The lowest BCUT2D eigenvalue weighted by molar-refractivity contribution is -0.118. The number of rotatable bonds is 7. The van der Waals surface area contributed by atoms with Crippen molar-refractivity contribution < 1.29 is 19.0 Å². The number of ether oxygens (including phenoxy) is 3. The van der Waals surface area contributed by atoms with Gasteiger partial charge < -0.3 is 19.5 Å². The molecule has 0 radical (unpaired) electrons. The number of nitrogens with one attached hydrogen (secondary N) is 1. The predicted molar refractivity (Wildman–Crippen MR) is 86.2 cm³/mol. The van der Waals surface area contributed by atoms with Gasteiger partial charge in [-0.15, -0.1) is 11.8 Å². The maximum atomic E-state index is 11.6. The summed E-state index contributed by atoms with van der Waals surface area (Å²) in [6, 6.07) is 3.89. The number of carbonyl (C=O) groups excluding carboxylic acids is 1. The molecule has 116 valence electrons. The average molecular weight is 376 g/mol. The van der Waals surface area contributed by atoms with E-state index in [2.05, 4.69) is 21.2 Å². The second-order valence-corrected chi connectivity index (χ2v) is 6.26. The quantitative estimate of drug-likeness (QED) is 0.740. The van der Waals surface area contributed by atoms with E-state index in [4.69, 9.17) is 14.2 Å². The van der Waals surface area contributed by atoms with Crippen LogP contribution in [0.2, 0.25) is 0 Å². The average Bonchev–Trinajstić information content (AvgIpc) is 2.48. The van der Waals surface area contributed by atoms with Crippen LogP contribution in [0.3, 0.4) is 0 Å². The van der Waals surface area contributed by atoms with Crippen LogP contribution in [0, 0.1) is 0 Å². The molecule has 0 saturated carbocycles. The summed E-state index contributed by atoms with van der Waals surface area (Å²) in [5.74, 6) is 2.70. The lowest BCUT2D eigenvalue weighted by Crippen LogP contribution is -2.28. The Bertz CT molecular complexity index is 498. The molecular weight excluding hydrogens is 358 g/mol. The highest BCUT2D eigenvalue weighted by atomic mass is 79.9. The number of hydrogen-bond acceptors (Lipinski definition) is 5. The van der Waals surface area contributed by atoms with Gasteiger partial charge in [0.05, 0.1) is 12.4 Å². The van der Waals surface area contributed by atoms with Gasteiger partial charge in [0.25, 0.3) is 0 Å². The van der Waals surface area contributed by atoms with Gasteiger partial charge in [-0.25, -0.2) is 0 Å². The van der Waals surface area contributed by atoms with Crippen molar-refractivity contribution in [1.82, 2.24) is 5.32 Å². The van der Waals surface area contributed by atoms with E-state index in [1.807, 2.05) is 12.1 Å². The van der Waals surface area contributed by atoms with Gasteiger partial charge in [-0.3, -0.25) is 4.79 Å². The van der Waals surface area contributed by atoms with Gasteiger partial charge in [0.15, 0.2) is 11.5 Å². The normalized spacial score (nSPS) is 13.0. The second-order valence-electron chi connectivity index (χ2n) is 4.42. The molecule has 2 rings (SSSR count). The lowest BCUT2D eigenvalue weighted by Gasteiger charge is -2.19. The Hall–Kier alpha value is -0.920. The molecule has 1 aromatic rings. The minimum absolute atomic E-state index is 0.0192. The molecule has 7 heteroatoms. The number of amides is 1. The van der Waals surface area contributed by atoms with Crippen molar-refractivity contribution >= 4 is 33.6 Å². The lowest BCUT2D eigenvalue weighted by atomic mass is 10.2. The summed E-state index contributed by atoms with van der Waals surface area (Å²) < 4.78 is 16.9. The first-order chi connectivity index (χ1) is 10.2. The monoisotopic (exact) mass is 375 g/mol. The van der Waals surface area contributed by atoms with Gasteiger partial charge in [0, 0.05) is 23.9 Å². The molecule has 1 amide bonds. The Labute approximate surface area is 136 Å². The molecule has 0 aliphatic carbocycles. The Morgan fingerprint density at radius 1 is 1.38 bits per heavy atom. The van der Waals surface area contributed by atoms with Crippen LogP contribution in [-0.4, -0.2) is 45.1 Å². The Kier molecular flexibility index (Phi) is 6.66. The summed E-state index contributed by atoms with van der Waals surface area (Å²) in [7, 11) is 1.61. The molecule has 0 saturated heterocycles. The predicted octanol–water partition coefficient (Wildman–Crippen LogP) is 2.22. The van der Waals surface area contributed by atoms with Crippen LogP contribution in [0.5, 0.6) is 11.5 Å². The van der Waals surface area contributed by atoms with Crippen LogP contribution in [0.25, 0.3) is 0 Å². The molecule has 1 aliphatic rings. The van der Waals surface area contributed by atoms with E-state index < -0.39 is 0 Å². The van der Waals surface area contributed by atoms with E-state index in [0.29, 0.717) is 32.1 Å². The standard InChI is InChI=1S/C14H18BrNO4S/c1-18-3-2-16-14(17)9-21-8-10-6-12-13(7-11(10)15)20-5-4-19-12/h6-7H,2-5,8-9H2,1H3,(H,16,17). The minimum Gasteiger partial charge on any atom is -0.486 e. The Morgan fingerprint density at radius 3 is 2.81 bits per heavy atom.